The Morgan fingerprint density at radius 2 is 1.77 bits per heavy atom. The van der Waals surface area contributed by atoms with Crippen LogP contribution in [0.5, 0.6) is 0 Å². The fourth-order valence-corrected chi connectivity index (χ4v) is 6.06. The molecule has 2 aromatic carbocycles. The Kier molecular flexibility index (Phi) is 7.76. The van der Waals surface area contributed by atoms with E-state index in [-0.39, 0.29) is 18.0 Å². The second-order valence-electron chi connectivity index (χ2n) is 10.8. The smallest absolute Gasteiger partial charge is 0.226 e. The quantitative estimate of drug-likeness (QED) is 0.250. The number of carbonyl (C=O) groups excluding carboxylic acids is 1. The normalized spacial score (nSPS) is 16.8. The monoisotopic (exact) mass is 551 g/mol. The molecule has 2 aromatic heterocycles. The zero-order valence-corrected chi connectivity index (χ0v) is 24.9. The van der Waals surface area contributed by atoms with Crippen LogP contribution in [0.3, 0.4) is 0 Å². The summed E-state index contributed by atoms with van der Waals surface area (Å²) in [5.74, 6) is -0.0302. The van der Waals surface area contributed by atoms with Gasteiger partial charge in [-0.15, -0.1) is 0 Å². The van der Waals surface area contributed by atoms with Crippen LogP contribution in [0.25, 0.3) is 5.69 Å². The Morgan fingerprint density at radius 3 is 2.52 bits per heavy atom. The molecule has 0 aliphatic carbocycles. The predicted octanol–water partition coefficient (Wildman–Crippen LogP) is 6.72. The lowest BCUT2D eigenvalue weighted by molar-refractivity contribution is -0.116. The van der Waals surface area contributed by atoms with Gasteiger partial charge in [-0.3, -0.25) is 9.78 Å². The number of aromatic nitrogens is 2. The van der Waals surface area contributed by atoms with Crippen LogP contribution in [-0.2, 0) is 4.79 Å². The van der Waals surface area contributed by atoms with Crippen molar-refractivity contribution >= 4 is 28.9 Å². The first kappa shape index (κ1) is 27.6. The summed E-state index contributed by atoms with van der Waals surface area (Å²) in [5, 5.41) is 7.26. The lowest BCUT2D eigenvalue weighted by Gasteiger charge is -2.28. The van der Waals surface area contributed by atoms with E-state index in [2.05, 4.69) is 83.1 Å². The van der Waals surface area contributed by atoms with Crippen molar-refractivity contribution in [2.45, 2.75) is 60.0 Å². The highest BCUT2D eigenvalue weighted by molar-refractivity contribution is 7.80. The highest BCUT2D eigenvalue weighted by atomic mass is 32.1. The van der Waals surface area contributed by atoms with E-state index in [1.165, 1.54) is 22.4 Å². The van der Waals surface area contributed by atoms with Gasteiger partial charge in [0, 0.05) is 41.9 Å². The predicted molar refractivity (Wildman–Crippen MR) is 166 cm³/mol. The summed E-state index contributed by atoms with van der Waals surface area (Å²) in [4.78, 5) is 19.9. The maximum absolute atomic E-state index is 13.1. The number of benzene rings is 2. The summed E-state index contributed by atoms with van der Waals surface area (Å²) >= 11 is 5.88. The van der Waals surface area contributed by atoms with Gasteiger partial charge in [0.15, 0.2) is 5.11 Å². The molecule has 0 bridgehead atoms. The Balaban J connectivity index is 1.49. The standard InChI is InChI=1S/C33H37N5OS/c1-20-13-14-22(3)28(18-20)35-30(39)15-17-37-32(31(36-33(37)40)27-11-7-8-16-34-27)26-19-23(4)38(25(26)6)29-12-9-10-21(2)24(29)5/h7-14,16,18-19,31-32H,15,17H2,1-6H3,(H,35,39)(H,36,40)/t31-,32-/m1/s1. The molecule has 1 saturated heterocycles. The number of nitrogens with zero attached hydrogens (tertiary/aromatic N) is 3. The average Bonchev–Trinajstić information content (AvgIpc) is 3.41. The van der Waals surface area contributed by atoms with Crippen molar-refractivity contribution in [2.24, 2.45) is 0 Å². The van der Waals surface area contributed by atoms with Gasteiger partial charge in [0.05, 0.1) is 17.8 Å². The zero-order valence-electron chi connectivity index (χ0n) is 24.1. The van der Waals surface area contributed by atoms with Crippen molar-refractivity contribution in [1.29, 1.82) is 0 Å². The zero-order chi connectivity index (χ0) is 28.6. The van der Waals surface area contributed by atoms with E-state index >= 15 is 0 Å². The van der Waals surface area contributed by atoms with Crippen LogP contribution in [0.15, 0.2) is 66.9 Å². The van der Waals surface area contributed by atoms with Crippen molar-refractivity contribution < 1.29 is 4.79 Å². The molecular weight excluding hydrogens is 514 g/mol. The number of thiocarbonyl (C=S) groups is 1. The summed E-state index contributed by atoms with van der Waals surface area (Å²) < 4.78 is 2.33. The van der Waals surface area contributed by atoms with E-state index in [9.17, 15) is 4.79 Å². The molecule has 0 saturated carbocycles. The first-order valence-corrected chi connectivity index (χ1v) is 14.2. The summed E-state index contributed by atoms with van der Waals surface area (Å²) in [6.45, 7) is 13.2. The molecule has 40 heavy (non-hydrogen) atoms. The molecule has 0 spiro atoms. The maximum Gasteiger partial charge on any atom is 0.226 e. The first-order valence-electron chi connectivity index (χ1n) is 13.8. The minimum absolute atomic E-state index is 0.0302. The molecule has 7 heteroatoms. The van der Waals surface area contributed by atoms with Gasteiger partial charge in [0.25, 0.3) is 0 Å². The van der Waals surface area contributed by atoms with E-state index in [0.717, 1.165) is 33.9 Å². The number of rotatable bonds is 7. The minimum atomic E-state index is -0.136. The van der Waals surface area contributed by atoms with Crippen LogP contribution < -0.4 is 10.6 Å². The molecule has 2 N–H and O–H groups in total. The molecule has 6 nitrogen and oxygen atoms in total. The molecule has 206 valence electrons. The number of anilines is 1. The van der Waals surface area contributed by atoms with E-state index in [4.69, 9.17) is 12.2 Å². The molecule has 0 radical (unpaired) electrons. The van der Waals surface area contributed by atoms with Gasteiger partial charge in [0.2, 0.25) is 5.91 Å². The molecule has 1 amide bonds. The van der Waals surface area contributed by atoms with Crippen molar-refractivity contribution in [3.8, 4) is 5.69 Å². The Hall–Kier alpha value is -3.97. The average molecular weight is 552 g/mol. The topological polar surface area (TPSA) is 62.2 Å². The number of amides is 1. The summed E-state index contributed by atoms with van der Waals surface area (Å²) in [6.07, 6.45) is 2.13. The van der Waals surface area contributed by atoms with E-state index in [1.807, 2.05) is 50.4 Å². The summed E-state index contributed by atoms with van der Waals surface area (Å²) in [7, 11) is 0. The van der Waals surface area contributed by atoms with Crippen molar-refractivity contribution in [3.05, 3.63) is 112 Å². The van der Waals surface area contributed by atoms with Gasteiger partial charge < -0.3 is 20.1 Å². The number of pyridine rings is 1. The SMILES string of the molecule is Cc1ccc(C)c(NC(=O)CCN2C(=S)N[C@H](c3ccccn3)[C@H]2c2cc(C)n(-c3cccc(C)c3C)c2C)c1. The third kappa shape index (κ3) is 5.26. The van der Waals surface area contributed by atoms with Crippen LogP contribution in [0.1, 0.15) is 63.4 Å². The lowest BCUT2D eigenvalue weighted by atomic mass is 9.96. The van der Waals surface area contributed by atoms with E-state index < -0.39 is 0 Å². The van der Waals surface area contributed by atoms with Crippen LogP contribution >= 0.6 is 12.2 Å². The Bertz CT molecular complexity index is 1580. The third-order valence-electron chi connectivity index (χ3n) is 8.05. The number of hydrogen-bond donors (Lipinski definition) is 2. The third-order valence-corrected chi connectivity index (χ3v) is 8.40. The minimum Gasteiger partial charge on any atom is -0.352 e. The van der Waals surface area contributed by atoms with Crippen molar-refractivity contribution in [2.75, 3.05) is 11.9 Å². The van der Waals surface area contributed by atoms with E-state index in [0.29, 0.717) is 18.1 Å². The van der Waals surface area contributed by atoms with Crippen LogP contribution in [0.4, 0.5) is 5.69 Å². The van der Waals surface area contributed by atoms with Gasteiger partial charge in [-0.1, -0.05) is 30.3 Å². The van der Waals surface area contributed by atoms with Gasteiger partial charge in [0.1, 0.15) is 0 Å². The molecule has 0 unspecified atom stereocenters. The van der Waals surface area contributed by atoms with Gasteiger partial charge in [-0.2, -0.15) is 0 Å². The molecule has 1 aliphatic rings. The van der Waals surface area contributed by atoms with Crippen LogP contribution in [0, 0.1) is 41.5 Å². The lowest BCUT2D eigenvalue weighted by Crippen LogP contribution is -2.33. The largest absolute Gasteiger partial charge is 0.352 e. The Labute approximate surface area is 242 Å². The number of hydrogen-bond acceptors (Lipinski definition) is 3. The molecule has 2 atom stereocenters. The molecule has 1 fully saturated rings. The highest BCUT2D eigenvalue weighted by Crippen LogP contribution is 2.41. The molecule has 3 heterocycles. The fourth-order valence-electron chi connectivity index (χ4n) is 5.73. The van der Waals surface area contributed by atoms with Crippen LogP contribution in [0.2, 0.25) is 0 Å². The summed E-state index contributed by atoms with van der Waals surface area (Å²) in [5.41, 5.74) is 11.1. The maximum atomic E-state index is 13.1. The number of aryl methyl sites for hydroxylation is 4. The van der Waals surface area contributed by atoms with Crippen LogP contribution in [-0.4, -0.2) is 32.0 Å². The van der Waals surface area contributed by atoms with Gasteiger partial charge in [-0.25, -0.2) is 0 Å². The van der Waals surface area contributed by atoms with Crippen molar-refractivity contribution in [3.63, 3.8) is 0 Å². The second kappa shape index (κ2) is 11.3. The second-order valence-corrected chi connectivity index (χ2v) is 11.2. The molecule has 4 aromatic rings. The Morgan fingerprint density at radius 1 is 0.975 bits per heavy atom. The number of nitrogens with one attached hydrogen (secondary N) is 2. The van der Waals surface area contributed by atoms with Gasteiger partial charge >= 0.3 is 0 Å². The highest BCUT2D eigenvalue weighted by Gasteiger charge is 2.41. The van der Waals surface area contributed by atoms with Gasteiger partial charge in [-0.05, 0) is 112 Å². The van der Waals surface area contributed by atoms with Crippen molar-refractivity contribution in [1.82, 2.24) is 19.8 Å². The van der Waals surface area contributed by atoms with E-state index in [1.54, 1.807) is 0 Å². The fraction of sp³-hybridized carbons (Fsp3) is 0.303. The molecule has 5 rings (SSSR count). The first-order chi connectivity index (χ1) is 19.2. The molecular formula is C33H37N5OS. The summed E-state index contributed by atoms with van der Waals surface area (Å²) in [6, 6.07) is 20.5. The number of carbonyl (C=O) groups is 1. The molecule has 1 aliphatic heterocycles.